The fraction of sp³-hybridized carbons (Fsp3) is 0.294. The summed E-state index contributed by atoms with van der Waals surface area (Å²) in [6.45, 7) is 4.70. The molecule has 1 atom stereocenters. The van der Waals surface area contributed by atoms with Crippen LogP contribution in [0.25, 0.3) is 11.1 Å². The first-order valence-electron chi connectivity index (χ1n) is 7.09. The maximum atomic E-state index is 13.1. The number of aliphatic hydroxyl groups is 1. The highest BCUT2D eigenvalue weighted by atomic mass is 19.1. The van der Waals surface area contributed by atoms with Crippen LogP contribution in [0.15, 0.2) is 41.3 Å². The molecule has 0 aliphatic rings. The zero-order valence-electron chi connectivity index (χ0n) is 13.1. The molecule has 0 spiro atoms. The summed E-state index contributed by atoms with van der Waals surface area (Å²) in [5.74, 6) is -1.64. The van der Waals surface area contributed by atoms with Gasteiger partial charge in [0.05, 0.1) is 17.2 Å². The lowest BCUT2D eigenvalue weighted by atomic mass is 9.99. The number of hydrogen-bond acceptors (Lipinski definition) is 3. The van der Waals surface area contributed by atoms with Gasteiger partial charge in [0.1, 0.15) is 5.82 Å². The standard InChI is InChI=1S/C17H18FNO4/c1-10(17(2,3)23)19-9-12(16(21)22)8-14(15(19)20)11-4-6-13(18)7-5-11/h4-10,23H,1-3H3,(H,21,22). The number of carboxylic acid groups (broad SMARTS) is 1. The van der Waals surface area contributed by atoms with E-state index in [1.54, 1.807) is 6.92 Å². The second kappa shape index (κ2) is 5.96. The van der Waals surface area contributed by atoms with Crippen LogP contribution < -0.4 is 5.56 Å². The first-order chi connectivity index (χ1) is 10.6. The second-order valence-corrected chi connectivity index (χ2v) is 6.00. The molecule has 122 valence electrons. The monoisotopic (exact) mass is 319 g/mol. The molecule has 0 fully saturated rings. The van der Waals surface area contributed by atoms with Crippen LogP contribution in [0.4, 0.5) is 4.39 Å². The van der Waals surface area contributed by atoms with Crippen molar-refractivity contribution >= 4 is 5.97 Å². The van der Waals surface area contributed by atoms with Crippen LogP contribution in [0.5, 0.6) is 0 Å². The normalized spacial score (nSPS) is 12.9. The number of carbonyl (C=O) groups is 1. The maximum Gasteiger partial charge on any atom is 0.337 e. The predicted octanol–water partition coefficient (Wildman–Crippen LogP) is 2.68. The molecule has 23 heavy (non-hydrogen) atoms. The summed E-state index contributed by atoms with van der Waals surface area (Å²) in [5.41, 5.74) is -1.20. The number of nitrogens with zero attached hydrogens (tertiary/aromatic N) is 1. The summed E-state index contributed by atoms with van der Waals surface area (Å²) in [6.07, 6.45) is 1.21. The van der Waals surface area contributed by atoms with E-state index in [1.165, 1.54) is 54.9 Å². The van der Waals surface area contributed by atoms with Crippen molar-refractivity contribution in [3.05, 3.63) is 58.3 Å². The number of benzene rings is 1. The quantitative estimate of drug-likeness (QED) is 0.908. The van der Waals surface area contributed by atoms with Crippen molar-refractivity contribution in [2.45, 2.75) is 32.4 Å². The van der Waals surface area contributed by atoms with Gasteiger partial charge in [-0.05, 0) is 44.5 Å². The molecule has 0 radical (unpaired) electrons. The third-order valence-electron chi connectivity index (χ3n) is 3.88. The largest absolute Gasteiger partial charge is 0.478 e. The van der Waals surface area contributed by atoms with E-state index < -0.39 is 29.0 Å². The summed E-state index contributed by atoms with van der Waals surface area (Å²) >= 11 is 0. The van der Waals surface area contributed by atoms with Gasteiger partial charge in [0.15, 0.2) is 0 Å². The molecule has 2 aromatic rings. The molecule has 5 nitrogen and oxygen atoms in total. The van der Waals surface area contributed by atoms with Crippen molar-refractivity contribution in [1.82, 2.24) is 4.57 Å². The molecule has 0 bridgehead atoms. The van der Waals surface area contributed by atoms with Crippen molar-refractivity contribution in [1.29, 1.82) is 0 Å². The summed E-state index contributed by atoms with van der Waals surface area (Å²) in [7, 11) is 0. The first kappa shape index (κ1) is 16.9. The minimum atomic E-state index is -1.22. The van der Waals surface area contributed by atoms with Crippen molar-refractivity contribution in [3.63, 3.8) is 0 Å². The Labute approximate surface area is 132 Å². The summed E-state index contributed by atoms with van der Waals surface area (Å²) in [6, 6.07) is 5.84. The van der Waals surface area contributed by atoms with Gasteiger partial charge in [-0.15, -0.1) is 0 Å². The van der Waals surface area contributed by atoms with Crippen molar-refractivity contribution in [2.75, 3.05) is 0 Å². The zero-order chi connectivity index (χ0) is 17.4. The van der Waals surface area contributed by atoms with Crippen LogP contribution in [0, 0.1) is 5.82 Å². The lowest BCUT2D eigenvalue weighted by molar-refractivity contribution is 0.0289. The van der Waals surface area contributed by atoms with Gasteiger partial charge in [-0.3, -0.25) is 4.79 Å². The van der Waals surface area contributed by atoms with Crippen LogP contribution >= 0.6 is 0 Å². The molecule has 1 aromatic heterocycles. The first-order valence-corrected chi connectivity index (χ1v) is 7.09. The van der Waals surface area contributed by atoms with E-state index in [1.807, 2.05) is 0 Å². The zero-order valence-corrected chi connectivity index (χ0v) is 13.1. The van der Waals surface area contributed by atoms with Gasteiger partial charge in [0, 0.05) is 11.8 Å². The third-order valence-corrected chi connectivity index (χ3v) is 3.88. The Hall–Kier alpha value is -2.47. The number of halogens is 1. The minimum Gasteiger partial charge on any atom is -0.478 e. The molecule has 1 heterocycles. The highest BCUT2D eigenvalue weighted by Crippen LogP contribution is 2.23. The molecule has 2 N–H and O–H groups in total. The van der Waals surface area contributed by atoms with Crippen molar-refractivity contribution in [2.24, 2.45) is 0 Å². The van der Waals surface area contributed by atoms with E-state index in [0.717, 1.165) is 0 Å². The van der Waals surface area contributed by atoms with Gasteiger partial charge < -0.3 is 14.8 Å². The average molecular weight is 319 g/mol. The number of aromatic carboxylic acids is 1. The van der Waals surface area contributed by atoms with Gasteiger partial charge in [-0.2, -0.15) is 0 Å². The Bertz CT molecular complexity index is 788. The van der Waals surface area contributed by atoms with Gasteiger partial charge in [0.25, 0.3) is 5.56 Å². The highest BCUT2D eigenvalue weighted by molar-refractivity contribution is 5.88. The second-order valence-electron chi connectivity index (χ2n) is 6.00. The van der Waals surface area contributed by atoms with Crippen LogP contribution in [-0.2, 0) is 0 Å². The lowest BCUT2D eigenvalue weighted by Crippen LogP contribution is -2.37. The highest BCUT2D eigenvalue weighted by Gasteiger charge is 2.26. The molecular formula is C17H18FNO4. The Morgan fingerprint density at radius 3 is 2.30 bits per heavy atom. The topological polar surface area (TPSA) is 79.5 Å². The van der Waals surface area contributed by atoms with Gasteiger partial charge >= 0.3 is 5.97 Å². The molecule has 0 saturated heterocycles. The minimum absolute atomic E-state index is 0.0833. The third kappa shape index (κ3) is 3.48. The number of rotatable bonds is 4. The molecule has 0 saturated carbocycles. The van der Waals surface area contributed by atoms with Gasteiger partial charge in [0.2, 0.25) is 0 Å². The van der Waals surface area contributed by atoms with E-state index in [-0.39, 0.29) is 11.1 Å². The van der Waals surface area contributed by atoms with Gasteiger partial charge in [-0.25, -0.2) is 9.18 Å². The molecule has 6 heteroatoms. The van der Waals surface area contributed by atoms with E-state index in [9.17, 15) is 24.2 Å². The molecule has 1 unspecified atom stereocenters. The van der Waals surface area contributed by atoms with E-state index in [2.05, 4.69) is 0 Å². The Balaban J connectivity index is 2.72. The predicted molar refractivity (Wildman–Crippen MR) is 84.1 cm³/mol. The van der Waals surface area contributed by atoms with Crippen LogP contribution in [0.3, 0.4) is 0 Å². The smallest absolute Gasteiger partial charge is 0.337 e. The van der Waals surface area contributed by atoms with Gasteiger partial charge in [-0.1, -0.05) is 12.1 Å². The fourth-order valence-electron chi connectivity index (χ4n) is 2.18. The SMILES string of the molecule is CC(n1cc(C(=O)O)cc(-c2ccc(F)cc2)c1=O)C(C)(C)O. The number of carboxylic acids is 1. The van der Waals surface area contributed by atoms with Crippen LogP contribution in [0.2, 0.25) is 0 Å². The lowest BCUT2D eigenvalue weighted by Gasteiger charge is -2.28. The number of pyridine rings is 1. The van der Waals surface area contributed by atoms with Crippen LogP contribution in [-0.4, -0.2) is 26.4 Å². The molecule has 0 aliphatic carbocycles. The Morgan fingerprint density at radius 1 is 1.26 bits per heavy atom. The Morgan fingerprint density at radius 2 is 1.83 bits per heavy atom. The molecular weight excluding hydrogens is 301 g/mol. The number of hydrogen-bond donors (Lipinski definition) is 2. The number of aromatic nitrogens is 1. The summed E-state index contributed by atoms with van der Waals surface area (Å²) in [5, 5.41) is 19.4. The van der Waals surface area contributed by atoms with E-state index in [0.29, 0.717) is 5.56 Å². The summed E-state index contributed by atoms with van der Waals surface area (Å²) in [4.78, 5) is 24.0. The Kier molecular flexibility index (Phi) is 4.38. The molecule has 2 rings (SSSR count). The molecule has 1 aromatic carbocycles. The van der Waals surface area contributed by atoms with Crippen LogP contribution in [0.1, 0.15) is 37.2 Å². The van der Waals surface area contributed by atoms with E-state index in [4.69, 9.17) is 0 Å². The maximum absolute atomic E-state index is 13.1. The summed E-state index contributed by atoms with van der Waals surface area (Å²) < 4.78 is 14.3. The fourth-order valence-corrected chi connectivity index (χ4v) is 2.18. The van der Waals surface area contributed by atoms with Crippen molar-refractivity contribution in [3.8, 4) is 11.1 Å². The molecule has 0 amide bonds. The van der Waals surface area contributed by atoms with E-state index >= 15 is 0 Å². The van der Waals surface area contributed by atoms with Crippen molar-refractivity contribution < 1.29 is 19.4 Å². The molecule has 0 aliphatic heterocycles. The average Bonchev–Trinajstić information content (AvgIpc) is 2.46.